The zero-order valence-electron chi connectivity index (χ0n) is 15.5. The van der Waals surface area contributed by atoms with E-state index in [9.17, 15) is 4.79 Å². The number of hydrogen-bond donors (Lipinski definition) is 1. The molecule has 134 valence electrons. The van der Waals surface area contributed by atoms with E-state index in [2.05, 4.69) is 54.4 Å². The minimum absolute atomic E-state index is 0.221. The minimum atomic E-state index is 0.221. The van der Waals surface area contributed by atoms with Crippen molar-refractivity contribution in [3.63, 3.8) is 0 Å². The molecule has 1 amide bonds. The van der Waals surface area contributed by atoms with Gasteiger partial charge in [-0.1, -0.05) is 69.4 Å². The van der Waals surface area contributed by atoms with Crippen LogP contribution in [0.1, 0.15) is 76.8 Å². The fraction of sp³-hybridized carbons (Fsp3) is 0.667. The summed E-state index contributed by atoms with van der Waals surface area (Å²) in [7, 11) is 0. The average Bonchev–Trinajstić information content (AvgIpc) is 2.59. The first kappa shape index (κ1) is 19.0. The summed E-state index contributed by atoms with van der Waals surface area (Å²) in [5, 5.41) is 3.06. The third-order valence-electron chi connectivity index (χ3n) is 5.23. The highest BCUT2D eigenvalue weighted by molar-refractivity contribution is 5.76. The Hall–Kier alpha value is -1.35. The summed E-state index contributed by atoms with van der Waals surface area (Å²) >= 11 is 0. The lowest BCUT2D eigenvalue weighted by Crippen LogP contribution is -2.45. The second kappa shape index (κ2) is 10.5. The predicted molar refractivity (Wildman–Crippen MR) is 101 cm³/mol. The maximum Gasteiger partial charge on any atom is 0.221 e. The molecule has 0 aliphatic carbocycles. The van der Waals surface area contributed by atoms with Crippen LogP contribution in [0.25, 0.3) is 0 Å². The van der Waals surface area contributed by atoms with E-state index in [0.717, 1.165) is 25.9 Å². The molecule has 0 radical (unpaired) electrons. The number of benzene rings is 1. The lowest BCUT2D eigenvalue weighted by Gasteiger charge is -2.38. The summed E-state index contributed by atoms with van der Waals surface area (Å²) < 4.78 is 0. The summed E-state index contributed by atoms with van der Waals surface area (Å²) in [5.74, 6) is 0.221. The van der Waals surface area contributed by atoms with Gasteiger partial charge in [-0.2, -0.15) is 0 Å². The quantitative estimate of drug-likeness (QED) is 0.701. The topological polar surface area (TPSA) is 32.3 Å². The molecule has 1 N–H and O–H groups in total. The van der Waals surface area contributed by atoms with Gasteiger partial charge in [0.15, 0.2) is 0 Å². The number of nitrogens with one attached hydrogen (secondary N) is 1. The Balaban J connectivity index is 2.02. The summed E-state index contributed by atoms with van der Waals surface area (Å²) in [6.07, 6.45) is 9.27. The summed E-state index contributed by atoms with van der Waals surface area (Å²) in [4.78, 5) is 14.7. The molecule has 0 aromatic heterocycles. The standard InChI is InChI=1S/C21H34N2O/c1-3-4-5-6-10-14-20-17-21(24)22-15-11-16-23(20)18(2)19-12-8-7-9-13-19/h7-9,12-13,18,20H,3-6,10-11,14-17H2,1-2H3,(H,22,24)/t18-,20-/m1/s1. The molecular weight excluding hydrogens is 296 g/mol. The number of nitrogens with zero attached hydrogens (tertiary/aromatic N) is 1. The third-order valence-corrected chi connectivity index (χ3v) is 5.23. The Morgan fingerprint density at radius 2 is 1.92 bits per heavy atom. The van der Waals surface area contributed by atoms with Gasteiger partial charge >= 0.3 is 0 Å². The van der Waals surface area contributed by atoms with Crippen LogP contribution in [0.5, 0.6) is 0 Å². The van der Waals surface area contributed by atoms with Crippen LogP contribution in [0.4, 0.5) is 0 Å². The third kappa shape index (κ3) is 5.94. The van der Waals surface area contributed by atoms with Crippen molar-refractivity contribution in [1.82, 2.24) is 10.2 Å². The largest absolute Gasteiger partial charge is 0.356 e. The normalized spacial score (nSPS) is 20.9. The molecule has 0 bridgehead atoms. The van der Waals surface area contributed by atoms with Crippen molar-refractivity contribution in [2.24, 2.45) is 0 Å². The lowest BCUT2D eigenvalue weighted by atomic mass is 9.97. The highest BCUT2D eigenvalue weighted by Crippen LogP contribution is 2.27. The molecule has 0 saturated carbocycles. The Kier molecular flexibility index (Phi) is 8.31. The fourth-order valence-electron chi connectivity index (χ4n) is 3.76. The molecule has 24 heavy (non-hydrogen) atoms. The molecule has 3 nitrogen and oxygen atoms in total. The van der Waals surface area contributed by atoms with Crippen molar-refractivity contribution in [1.29, 1.82) is 0 Å². The maximum atomic E-state index is 12.1. The second-order valence-electron chi connectivity index (χ2n) is 7.09. The highest BCUT2D eigenvalue weighted by atomic mass is 16.1. The number of hydrogen-bond acceptors (Lipinski definition) is 2. The van der Waals surface area contributed by atoms with Gasteiger partial charge < -0.3 is 5.32 Å². The van der Waals surface area contributed by atoms with Crippen molar-refractivity contribution in [3.05, 3.63) is 35.9 Å². The lowest BCUT2D eigenvalue weighted by molar-refractivity contribution is -0.123. The SMILES string of the molecule is CCCCCCC[C@@H]1CC(=O)NCCCN1[C@H](C)c1ccccc1. The first-order valence-electron chi connectivity index (χ1n) is 9.79. The Bertz CT molecular complexity index is 474. The van der Waals surface area contributed by atoms with Crippen LogP contribution < -0.4 is 5.32 Å². The predicted octanol–water partition coefficient (Wildman–Crippen LogP) is 4.69. The van der Waals surface area contributed by atoms with Gasteiger partial charge in [-0.05, 0) is 25.3 Å². The minimum Gasteiger partial charge on any atom is -0.356 e. The number of amides is 1. The van der Waals surface area contributed by atoms with Crippen molar-refractivity contribution >= 4 is 5.91 Å². The van der Waals surface area contributed by atoms with Crippen LogP contribution in [0.2, 0.25) is 0 Å². The number of unbranched alkanes of at least 4 members (excludes halogenated alkanes) is 4. The van der Waals surface area contributed by atoms with Crippen LogP contribution >= 0.6 is 0 Å². The van der Waals surface area contributed by atoms with Crippen LogP contribution in [0.15, 0.2) is 30.3 Å². The van der Waals surface area contributed by atoms with E-state index in [4.69, 9.17) is 0 Å². The monoisotopic (exact) mass is 330 g/mol. The fourth-order valence-corrected chi connectivity index (χ4v) is 3.76. The zero-order valence-corrected chi connectivity index (χ0v) is 15.5. The highest BCUT2D eigenvalue weighted by Gasteiger charge is 2.27. The van der Waals surface area contributed by atoms with E-state index in [0.29, 0.717) is 18.5 Å². The molecule has 1 aliphatic heterocycles. The molecule has 1 aromatic rings. The molecule has 1 saturated heterocycles. The molecular formula is C21H34N2O. The Labute approximate surface area is 147 Å². The smallest absolute Gasteiger partial charge is 0.221 e. The van der Waals surface area contributed by atoms with Crippen molar-refractivity contribution in [2.75, 3.05) is 13.1 Å². The molecule has 3 heteroatoms. The molecule has 1 aliphatic rings. The molecule has 0 spiro atoms. The molecule has 1 aromatic carbocycles. The van der Waals surface area contributed by atoms with Crippen molar-refractivity contribution < 1.29 is 4.79 Å². The Morgan fingerprint density at radius 3 is 2.67 bits per heavy atom. The van der Waals surface area contributed by atoms with E-state index in [-0.39, 0.29) is 5.91 Å². The summed E-state index contributed by atoms with van der Waals surface area (Å²) in [6.45, 7) is 6.41. The first-order chi connectivity index (χ1) is 11.7. The molecule has 2 atom stereocenters. The van der Waals surface area contributed by atoms with Gasteiger partial charge in [-0.25, -0.2) is 0 Å². The van der Waals surface area contributed by atoms with Crippen molar-refractivity contribution in [3.8, 4) is 0 Å². The average molecular weight is 331 g/mol. The van der Waals surface area contributed by atoms with Gasteiger partial charge in [0.2, 0.25) is 5.91 Å². The second-order valence-corrected chi connectivity index (χ2v) is 7.09. The van der Waals surface area contributed by atoms with Gasteiger partial charge in [-0.15, -0.1) is 0 Å². The number of carbonyl (C=O) groups excluding carboxylic acids is 1. The number of carbonyl (C=O) groups is 1. The van der Waals surface area contributed by atoms with E-state index in [1.807, 2.05) is 0 Å². The molecule has 0 unspecified atom stereocenters. The van der Waals surface area contributed by atoms with E-state index < -0.39 is 0 Å². The van der Waals surface area contributed by atoms with Crippen LogP contribution in [-0.4, -0.2) is 29.9 Å². The summed E-state index contributed by atoms with van der Waals surface area (Å²) in [6, 6.07) is 11.5. The zero-order chi connectivity index (χ0) is 17.2. The first-order valence-corrected chi connectivity index (χ1v) is 9.79. The van der Waals surface area contributed by atoms with Gasteiger partial charge in [0.1, 0.15) is 0 Å². The maximum absolute atomic E-state index is 12.1. The Morgan fingerprint density at radius 1 is 1.17 bits per heavy atom. The van der Waals surface area contributed by atoms with Crippen molar-refractivity contribution in [2.45, 2.75) is 77.3 Å². The molecule has 1 heterocycles. The van der Waals surface area contributed by atoms with Gasteiger partial charge in [0, 0.05) is 31.6 Å². The number of rotatable bonds is 8. The van der Waals surface area contributed by atoms with Gasteiger partial charge in [0.25, 0.3) is 0 Å². The van der Waals surface area contributed by atoms with Crippen LogP contribution in [0.3, 0.4) is 0 Å². The van der Waals surface area contributed by atoms with E-state index in [1.165, 1.54) is 37.7 Å². The summed E-state index contributed by atoms with van der Waals surface area (Å²) in [5.41, 5.74) is 1.36. The van der Waals surface area contributed by atoms with Crippen LogP contribution in [0, 0.1) is 0 Å². The van der Waals surface area contributed by atoms with Crippen LogP contribution in [-0.2, 0) is 4.79 Å². The van der Waals surface area contributed by atoms with Gasteiger partial charge in [-0.3, -0.25) is 9.69 Å². The van der Waals surface area contributed by atoms with E-state index >= 15 is 0 Å². The molecule has 2 rings (SSSR count). The van der Waals surface area contributed by atoms with Gasteiger partial charge in [0.05, 0.1) is 0 Å². The van der Waals surface area contributed by atoms with E-state index in [1.54, 1.807) is 0 Å². The molecule has 1 fully saturated rings.